The van der Waals surface area contributed by atoms with E-state index in [4.69, 9.17) is 4.74 Å². The maximum absolute atomic E-state index is 10.2. The lowest BCUT2D eigenvalue weighted by Crippen LogP contribution is -2.38. The van der Waals surface area contributed by atoms with E-state index in [1.54, 1.807) is 0 Å². The fraction of sp³-hybridized carbons (Fsp3) is 0.600. The van der Waals surface area contributed by atoms with Gasteiger partial charge in [-0.25, -0.2) is 0 Å². The van der Waals surface area contributed by atoms with E-state index in [2.05, 4.69) is 28.2 Å². The second-order valence-electron chi connectivity index (χ2n) is 5.21. The number of nitrogens with one attached hydrogen (secondary N) is 1. The predicted molar refractivity (Wildman–Crippen MR) is 80.1 cm³/mol. The summed E-state index contributed by atoms with van der Waals surface area (Å²) in [5, 5.41) is 13.6. The first-order valence-corrected chi connectivity index (χ1v) is 7.71. The molecule has 1 saturated heterocycles. The molecule has 1 aromatic carbocycles. The number of aliphatic hydroxyl groups is 1. The van der Waals surface area contributed by atoms with Gasteiger partial charge in [0.2, 0.25) is 0 Å². The number of aliphatic hydroxyl groups excluding tert-OH is 1. The Morgan fingerprint density at radius 3 is 2.58 bits per heavy atom. The number of benzene rings is 1. The van der Waals surface area contributed by atoms with Gasteiger partial charge in [-0.15, -0.1) is 0 Å². The molecule has 4 heteroatoms. The molecule has 3 nitrogen and oxygen atoms in total. The van der Waals surface area contributed by atoms with Crippen LogP contribution >= 0.6 is 15.9 Å². The van der Waals surface area contributed by atoms with Gasteiger partial charge in [0.1, 0.15) is 0 Å². The third kappa shape index (κ3) is 4.56. The van der Waals surface area contributed by atoms with E-state index < -0.39 is 6.10 Å². The van der Waals surface area contributed by atoms with Gasteiger partial charge in [0.15, 0.2) is 0 Å². The fourth-order valence-corrected chi connectivity index (χ4v) is 2.75. The summed E-state index contributed by atoms with van der Waals surface area (Å²) in [6.45, 7) is 4.53. The van der Waals surface area contributed by atoms with Crippen LogP contribution in [0.1, 0.15) is 31.4 Å². The van der Waals surface area contributed by atoms with Gasteiger partial charge >= 0.3 is 0 Å². The Kier molecular flexibility index (Phi) is 5.82. The van der Waals surface area contributed by atoms with Crippen molar-refractivity contribution in [3.8, 4) is 0 Å². The zero-order valence-electron chi connectivity index (χ0n) is 11.3. The van der Waals surface area contributed by atoms with E-state index in [1.165, 1.54) is 0 Å². The van der Waals surface area contributed by atoms with Gasteiger partial charge in [-0.3, -0.25) is 0 Å². The molecule has 2 unspecified atom stereocenters. The largest absolute Gasteiger partial charge is 0.387 e. The first kappa shape index (κ1) is 15.0. The van der Waals surface area contributed by atoms with Crippen molar-refractivity contribution >= 4 is 15.9 Å². The fourth-order valence-electron chi connectivity index (χ4n) is 2.48. The van der Waals surface area contributed by atoms with Crippen molar-refractivity contribution in [2.75, 3.05) is 19.8 Å². The Bertz CT molecular complexity index is 376. The molecule has 0 amide bonds. The molecule has 1 aliphatic heterocycles. The smallest absolute Gasteiger partial charge is 0.0914 e. The Hall–Kier alpha value is -0.420. The predicted octanol–water partition coefficient (Wildman–Crippen LogP) is 2.89. The van der Waals surface area contributed by atoms with Crippen molar-refractivity contribution in [1.29, 1.82) is 0 Å². The van der Waals surface area contributed by atoms with Gasteiger partial charge in [-0.05, 0) is 43.4 Å². The molecule has 106 valence electrons. The highest BCUT2D eigenvalue weighted by molar-refractivity contribution is 9.10. The Morgan fingerprint density at radius 1 is 1.32 bits per heavy atom. The molecule has 1 aliphatic rings. The normalized spacial score (nSPS) is 20.2. The molecular formula is C15H22BrNO2. The first-order chi connectivity index (χ1) is 9.16. The van der Waals surface area contributed by atoms with Gasteiger partial charge in [-0.2, -0.15) is 0 Å². The van der Waals surface area contributed by atoms with E-state index in [1.807, 2.05) is 24.3 Å². The van der Waals surface area contributed by atoms with Gasteiger partial charge in [0.05, 0.1) is 6.10 Å². The summed E-state index contributed by atoms with van der Waals surface area (Å²) in [7, 11) is 0. The number of hydrogen-bond acceptors (Lipinski definition) is 3. The van der Waals surface area contributed by atoms with Gasteiger partial charge < -0.3 is 15.2 Å². The molecule has 0 saturated carbocycles. The average Bonchev–Trinajstić information content (AvgIpc) is 2.46. The maximum Gasteiger partial charge on any atom is 0.0914 e. The highest BCUT2D eigenvalue weighted by atomic mass is 79.9. The maximum atomic E-state index is 10.2. The van der Waals surface area contributed by atoms with Crippen LogP contribution in [-0.2, 0) is 4.74 Å². The molecule has 2 rings (SSSR count). The van der Waals surface area contributed by atoms with Crippen LogP contribution in [0.4, 0.5) is 0 Å². The van der Waals surface area contributed by atoms with Crippen LogP contribution in [0.15, 0.2) is 28.7 Å². The summed E-state index contributed by atoms with van der Waals surface area (Å²) in [6, 6.07) is 8.25. The minimum absolute atomic E-state index is 0.425. The molecule has 2 N–H and O–H groups in total. The number of ether oxygens (including phenoxy) is 1. The van der Waals surface area contributed by atoms with Crippen molar-refractivity contribution < 1.29 is 9.84 Å². The Balaban J connectivity index is 1.79. The molecule has 0 bridgehead atoms. The van der Waals surface area contributed by atoms with E-state index in [9.17, 15) is 5.11 Å². The van der Waals surface area contributed by atoms with E-state index in [-0.39, 0.29) is 0 Å². The topological polar surface area (TPSA) is 41.5 Å². The van der Waals surface area contributed by atoms with Crippen LogP contribution in [0, 0.1) is 5.92 Å². The third-order valence-electron chi connectivity index (χ3n) is 3.86. The van der Waals surface area contributed by atoms with Gasteiger partial charge in [0.25, 0.3) is 0 Å². The number of hydrogen-bond donors (Lipinski definition) is 2. The lowest BCUT2D eigenvalue weighted by molar-refractivity contribution is 0.0537. The quantitative estimate of drug-likeness (QED) is 0.873. The molecule has 1 fully saturated rings. The Labute approximate surface area is 123 Å². The molecule has 0 aromatic heterocycles. The number of rotatable bonds is 5. The molecule has 1 aromatic rings. The lowest BCUT2D eigenvalue weighted by atomic mass is 9.93. The van der Waals surface area contributed by atoms with Crippen LogP contribution < -0.4 is 5.32 Å². The van der Waals surface area contributed by atoms with Gasteiger partial charge in [0, 0.05) is 30.3 Å². The summed E-state index contributed by atoms with van der Waals surface area (Å²) in [5.41, 5.74) is 0.954. The van der Waals surface area contributed by atoms with Crippen molar-refractivity contribution in [1.82, 2.24) is 5.32 Å². The summed E-state index contributed by atoms with van der Waals surface area (Å²) in [5.74, 6) is 0.658. The van der Waals surface area contributed by atoms with Crippen LogP contribution in [0.5, 0.6) is 0 Å². The second kappa shape index (κ2) is 7.39. The summed E-state index contributed by atoms with van der Waals surface area (Å²) < 4.78 is 6.41. The van der Waals surface area contributed by atoms with Crippen LogP contribution in [0.3, 0.4) is 0 Å². The second-order valence-corrected chi connectivity index (χ2v) is 6.13. The van der Waals surface area contributed by atoms with E-state index in [0.717, 1.165) is 36.1 Å². The third-order valence-corrected chi connectivity index (χ3v) is 4.39. The van der Waals surface area contributed by atoms with E-state index >= 15 is 0 Å². The summed E-state index contributed by atoms with van der Waals surface area (Å²) in [4.78, 5) is 0. The minimum atomic E-state index is -0.449. The highest BCUT2D eigenvalue weighted by Gasteiger charge is 2.20. The number of halogens is 1. The molecule has 2 atom stereocenters. The van der Waals surface area contributed by atoms with Crippen LogP contribution in [0.25, 0.3) is 0 Å². The standard InChI is InChI=1S/C15H22BrNO2/c1-11(12-6-8-19-9-7-12)17-10-15(18)13-2-4-14(16)5-3-13/h2-5,11-12,15,17-18H,6-10H2,1H3. The minimum Gasteiger partial charge on any atom is -0.387 e. The first-order valence-electron chi connectivity index (χ1n) is 6.91. The van der Waals surface area contributed by atoms with Crippen molar-refractivity contribution in [3.05, 3.63) is 34.3 Å². The zero-order valence-corrected chi connectivity index (χ0v) is 12.9. The summed E-state index contributed by atoms with van der Waals surface area (Å²) >= 11 is 3.40. The molecule has 0 spiro atoms. The van der Waals surface area contributed by atoms with Crippen LogP contribution in [-0.4, -0.2) is 30.9 Å². The lowest BCUT2D eigenvalue weighted by Gasteiger charge is -2.29. The molecule has 1 heterocycles. The molecule has 19 heavy (non-hydrogen) atoms. The van der Waals surface area contributed by atoms with Crippen LogP contribution in [0.2, 0.25) is 0 Å². The molecule has 0 radical (unpaired) electrons. The average molecular weight is 328 g/mol. The monoisotopic (exact) mass is 327 g/mol. The van der Waals surface area contributed by atoms with Crippen molar-refractivity contribution in [2.24, 2.45) is 5.92 Å². The van der Waals surface area contributed by atoms with E-state index in [0.29, 0.717) is 18.5 Å². The summed E-state index contributed by atoms with van der Waals surface area (Å²) in [6.07, 6.45) is 1.78. The highest BCUT2D eigenvalue weighted by Crippen LogP contribution is 2.20. The Morgan fingerprint density at radius 2 is 1.95 bits per heavy atom. The molecular weight excluding hydrogens is 306 g/mol. The molecule has 0 aliphatic carbocycles. The van der Waals surface area contributed by atoms with Gasteiger partial charge in [-0.1, -0.05) is 28.1 Å². The van der Waals surface area contributed by atoms with Crippen molar-refractivity contribution in [3.63, 3.8) is 0 Å². The zero-order chi connectivity index (χ0) is 13.7. The SMILES string of the molecule is CC(NCC(O)c1ccc(Br)cc1)C1CCOCC1. The van der Waals surface area contributed by atoms with Crippen molar-refractivity contribution in [2.45, 2.75) is 31.9 Å².